The number of aromatic amines is 2. The van der Waals surface area contributed by atoms with Gasteiger partial charge in [-0.1, -0.05) is 6.07 Å². The van der Waals surface area contributed by atoms with E-state index < -0.39 is 0 Å². The van der Waals surface area contributed by atoms with E-state index in [1.165, 1.54) is 0 Å². The molecule has 2 heterocycles. The molecule has 0 amide bonds. The van der Waals surface area contributed by atoms with Crippen LogP contribution in [0.15, 0.2) is 36.8 Å². The van der Waals surface area contributed by atoms with E-state index in [0.717, 1.165) is 22.0 Å². The van der Waals surface area contributed by atoms with Gasteiger partial charge in [-0.15, -0.1) is 0 Å². The summed E-state index contributed by atoms with van der Waals surface area (Å²) >= 11 is 0. The molecule has 0 aliphatic rings. The fraction of sp³-hybridized carbons (Fsp3) is 0. The minimum atomic E-state index is 1.05. The third kappa shape index (κ3) is 1.01. The van der Waals surface area contributed by atoms with Gasteiger partial charge in [0.1, 0.15) is 0 Å². The maximum atomic E-state index is 3.98. The molecule has 0 saturated heterocycles. The van der Waals surface area contributed by atoms with Crippen molar-refractivity contribution in [3.05, 3.63) is 36.8 Å². The van der Waals surface area contributed by atoms with Crippen molar-refractivity contribution in [2.45, 2.75) is 0 Å². The molecule has 0 saturated carbocycles. The Morgan fingerprint density at radius 3 is 2.86 bits per heavy atom. The predicted molar refractivity (Wildman–Crippen MR) is 53.7 cm³/mol. The molecule has 1 aromatic carbocycles. The number of H-pyrrole nitrogens is 2. The van der Waals surface area contributed by atoms with Gasteiger partial charge in [0.05, 0.1) is 17.9 Å². The lowest BCUT2D eigenvalue weighted by Crippen LogP contribution is -1.73. The minimum Gasteiger partial charge on any atom is -0.285 e. The molecule has 0 unspecified atom stereocenters. The first-order chi connectivity index (χ1) is 6.93. The number of rotatable bonds is 1. The van der Waals surface area contributed by atoms with Crippen LogP contribution in [0.2, 0.25) is 0 Å². The first kappa shape index (κ1) is 7.32. The Bertz CT molecular complexity index is 550. The number of benzene rings is 1. The second kappa shape index (κ2) is 2.70. The Kier molecular flexibility index (Phi) is 1.41. The summed E-state index contributed by atoms with van der Waals surface area (Å²) in [5.41, 5.74) is 3.29. The van der Waals surface area contributed by atoms with Crippen LogP contribution in [0.3, 0.4) is 0 Å². The molecular weight excluding hydrogens is 176 g/mol. The van der Waals surface area contributed by atoms with E-state index in [2.05, 4.69) is 26.5 Å². The zero-order chi connectivity index (χ0) is 9.38. The van der Waals surface area contributed by atoms with E-state index in [1.54, 1.807) is 6.20 Å². The van der Waals surface area contributed by atoms with Crippen LogP contribution in [0.25, 0.3) is 22.0 Å². The molecule has 2 N–H and O–H groups in total. The van der Waals surface area contributed by atoms with Gasteiger partial charge in [0.15, 0.2) is 0 Å². The van der Waals surface area contributed by atoms with Crippen LogP contribution >= 0.6 is 0 Å². The summed E-state index contributed by atoms with van der Waals surface area (Å²) < 4.78 is 0. The summed E-state index contributed by atoms with van der Waals surface area (Å²) in [6, 6.07) is 6.15. The molecule has 0 radical (unpaired) electrons. The van der Waals surface area contributed by atoms with E-state index in [1.807, 2.05) is 24.5 Å². The Morgan fingerprint density at radius 2 is 2.00 bits per heavy atom. The largest absolute Gasteiger partial charge is 0.285 e. The number of hydrogen-bond donors (Lipinski definition) is 2. The molecule has 4 heteroatoms. The summed E-state index contributed by atoms with van der Waals surface area (Å²) in [6.07, 6.45) is 5.50. The van der Waals surface area contributed by atoms with Gasteiger partial charge in [-0.05, 0) is 17.7 Å². The molecule has 0 aliphatic carbocycles. The van der Waals surface area contributed by atoms with Gasteiger partial charge >= 0.3 is 0 Å². The van der Waals surface area contributed by atoms with Crippen molar-refractivity contribution in [2.75, 3.05) is 0 Å². The lowest BCUT2D eigenvalue weighted by atomic mass is 10.1. The lowest BCUT2D eigenvalue weighted by Gasteiger charge is -1.95. The van der Waals surface area contributed by atoms with Crippen molar-refractivity contribution in [3.63, 3.8) is 0 Å². The fourth-order valence-corrected chi connectivity index (χ4v) is 1.53. The second-order valence-electron chi connectivity index (χ2n) is 3.16. The SMILES string of the molecule is c1cc2[nH]ncc2cc1-c1cn[nH]c1. The van der Waals surface area contributed by atoms with Crippen molar-refractivity contribution < 1.29 is 0 Å². The van der Waals surface area contributed by atoms with Crippen LogP contribution in [0, 0.1) is 0 Å². The minimum absolute atomic E-state index is 1.05. The number of nitrogens with zero attached hydrogens (tertiary/aromatic N) is 2. The van der Waals surface area contributed by atoms with Gasteiger partial charge in [-0.3, -0.25) is 10.2 Å². The van der Waals surface area contributed by atoms with Crippen molar-refractivity contribution in [1.82, 2.24) is 20.4 Å². The number of hydrogen-bond acceptors (Lipinski definition) is 2. The summed E-state index contributed by atoms with van der Waals surface area (Å²) in [5, 5.41) is 14.7. The van der Waals surface area contributed by atoms with Crippen molar-refractivity contribution in [1.29, 1.82) is 0 Å². The highest BCUT2D eigenvalue weighted by Gasteiger charge is 2.00. The van der Waals surface area contributed by atoms with Gasteiger partial charge in [0.25, 0.3) is 0 Å². The molecule has 3 aromatic rings. The first-order valence-electron chi connectivity index (χ1n) is 4.36. The topological polar surface area (TPSA) is 57.4 Å². The molecule has 0 fully saturated rings. The molecule has 4 nitrogen and oxygen atoms in total. The van der Waals surface area contributed by atoms with Gasteiger partial charge in [0, 0.05) is 17.1 Å². The Labute approximate surface area is 80.0 Å². The van der Waals surface area contributed by atoms with Crippen LogP contribution in [0.1, 0.15) is 0 Å². The summed E-state index contributed by atoms with van der Waals surface area (Å²) in [5.74, 6) is 0. The van der Waals surface area contributed by atoms with Crippen molar-refractivity contribution in [2.24, 2.45) is 0 Å². The smallest absolute Gasteiger partial charge is 0.0650 e. The molecule has 3 rings (SSSR count). The summed E-state index contributed by atoms with van der Waals surface area (Å²) in [6.45, 7) is 0. The van der Waals surface area contributed by atoms with Crippen molar-refractivity contribution in [3.8, 4) is 11.1 Å². The first-order valence-corrected chi connectivity index (χ1v) is 4.36. The summed E-state index contributed by atoms with van der Waals surface area (Å²) in [7, 11) is 0. The summed E-state index contributed by atoms with van der Waals surface area (Å²) in [4.78, 5) is 0. The molecule has 0 atom stereocenters. The molecule has 0 aliphatic heterocycles. The van der Waals surface area contributed by atoms with E-state index in [4.69, 9.17) is 0 Å². The maximum absolute atomic E-state index is 3.98. The van der Waals surface area contributed by atoms with Gasteiger partial charge in [-0.2, -0.15) is 10.2 Å². The number of fused-ring (bicyclic) bond motifs is 1. The Balaban J connectivity index is 2.23. The van der Waals surface area contributed by atoms with Gasteiger partial charge < -0.3 is 0 Å². The molecule has 68 valence electrons. The average molecular weight is 184 g/mol. The molecule has 14 heavy (non-hydrogen) atoms. The lowest BCUT2D eigenvalue weighted by molar-refractivity contribution is 1.09. The van der Waals surface area contributed by atoms with Crippen LogP contribution in [0.4, 0.5) is 0 Å². The van der Waals surface area contributed by atoms with E-state index in [9.17, 15) is 0 Å². The monoisotopic (exact) mass is 184 g/mol. The highest BCUT2D eigenvalue weighted by atomic mass is 15.1. The zero-order valence-corrected chi connectivity index (χ0v) is 7.36. The normalized spacial score (nSPS) is 10.9. The highest BCUT2D eigenvalue weighted by Crippen LogP contribution is 2.21. The molecule has 0 spiro atoms. The van der Waals surface area contributed by atoms with Crippen LogP contribution in [-0.2, 0) is 0 Å². The third-order valence-electron chi connectivity index (χ3n) is 2.27. The van der Waals surface area contributed by atoms with Crippen LogP contribution in [0.5, 0.6) is 0 Å². The molecular formula is C10H8N4. The fourth-order valence-electron chi connectivity index (χ4n) is 1.53. The quantitative estimate of drug-likeness (QED) is 0.607. The zero-order valence-electron chi connectivity index (χ0n) is 7.36. The predicted octanol–water partition coefficient (Wildman–Crippen LogP) is 1.95. The van der Waals surface area contributed by atoms with Crippen molar-refractivity contribution >= 4 is 10.9 Å². The van der Waals surface area contributed by atoms with Gasteiger partial charge in [-0.25, -0.2) is 0 Å². The Hall–Kier alpha value is -2.10. The number of nitrogens with one attached hydrogen (secondary N) is 2. The Morgan fingerprint density at radius 1 is 1.00 bits per heavy atom. The van der Waals surface area contributed by atoms with E-state index in [-0.39, 0.29) is 0 Å². The maximum Gasteiger partial charge on any atom is 0.0650 e. The molecule has 0 bridgehead atoms. The van der Waals surface area contributed by atoms with Gasteiger partial charge in [0.2, 0.25) is 0 Å². The van der Waals surface area contributed by atoms with Crippen LogP contribution < -0.4 is 0 Å². The second-order valence-corrected chi connectivity index (χ2v) is 3.16. The third-order valence-corrected chi connectivity index (χ3v) is 2.27. The van der Waals surface area contributed by atoms with E-state index in [0.29, 0.717) is 0 Å². The van der Waals surface area contributed by atoms with Crippen LogP contribution in [-0.4, -0.2) is 20.4 Å². The van der Waals surface area contributed by atoms with E-state index >= 15 is 0 Å². The molecule has 2 aromatic heterocycles. The standard InChI is InChI=1S/C10H8N4/c1-2-10-8(4-13-14-10)3-7(1)9-5-11-12-6-9/h1-6H,(H,11,12)(H,13,14). The highest BCUT2D eigenvalue weighted by molar-refractivity contribution is 5.83. The average Bonchev–Trinajstić information content (AvgIpc) is 2.88. The number of aromatic nitrogens is 4.